The van der Waals surface area contributed by atoms with E-state index in [9.17, 15) is 13.2 Å². The summed E-state index contributed by atoms with van der Waals surface area (Å²) in [6.45, 7) is 1.53. The van der Waals surface area contributed by atoms with Crippen LogP contribution in [0.5, 0.6) is 0 Å². The normalized spacial score (nSPS) is 17.7. The average Bonchev–Trinajstić information content (AvgIpc) is 3.20. The monoisotopic (exact) mass is 430 g/mol. The maximum atomic E-state index is 12.9. The number of rotatable bonds is 7. The van der Waals surface area contributed by atoms with Gasteiger partial charge in [0.05, 0.1) is 12.1 Å². The van der Waals surface area contributed by atoms with Crippen LogP contribution >= 0.6 is 0 Å². The van der Waals surface area contributed by atoms with Gasteiger partial charge >= 0.3 is 6.18 Å². The van der Waals surface area contributed by atoms with Crippen LogP contribution in [0.15, 0.2) is 53.2 Å². The number of halogens is 3. The van der Waals surface area contributed by atoms with E-state index in [1.165, 1.54) is 12.5 Å². The van der Waals surface area contributed by atoms with Crippen LogP contribution in [-0.2, 0) is 25.6 Å². The Morgan fingerprint density at radius 2 is 2.00 bits per heavy atom. The lowest BCUT2D eigenvalue weighted by Gasteiger charge is -2.34. The van der Waals surface area contributed by atoms with Gasteiger partial charge in [0.25, 0.3) is 0 Å². The first-order valence-electron chi connectivity index (χ1n) is 10.6. The summed E-state index contributed by atoms with van der Waals surface area (Å²) in [5, 5.41) is 3.98. The van der Waals surface area contributed by atoms with Crippen molar-refractivity contribution in [2.24, 2.45) is 0 Å². The van der Waals surface area contributed by atoms with E-state index >= 15 is 0 Å². The van der Waals surface area contributed by atoms with E-state index < -0.39 is 11.7 Å². The van der Waals surface area contributed by atoms with Crippen LogP contribution in [0.3, 0.4) is 0 Å². The molecule has 1 aliphatic heterocycles. The number of nitrogens with zero attached hydrogens (tertiary/aromatic N) is 4. The molecule has 1 atom stereocenters. The Hall–Kier alpha value is -2.74. The lowest BCUT2D eigenvalue weighted by molar-refractivity contribution is -0.137. The van der Waals surface area contributed by atoms with Crippen molar-refractivity contribution in [3.63, 3.8) is 0 Å². The molecule has 0 bridgehead atoms. The van der Waals surface area contributed by atoms with Gasteiger partial charge in [-0.3, -0.25) is 9.88 Å². The summed E-state index contributed by atoms with van der Waals surface area (Å²) in [7, 11) is 0. The topological polar surface area (TPSA) is 55.1 Å². The highest BCUT2D eigenvalue weighted by Gasteiger charge is 2.30. The molecule has 2 aromatic heterocycles. The first kappa shape index (κ1) is 21.5. The minimum absolute atomic E-state index is 0.205. The summed E-state index contributed by atoms with van der Waals surface area (Å²) >= 11 is 0. The number of piperidine rings is 1. The van der Waals surface area contributed by atoms with Crippen molar-refractivity contribution in [3.05, 3.63) is 77.2 Å². The molecule has 0 spiro atoms. The number of hydrogen-bond acceptors (Lipinski definition) is 5. The van der Waals surface area contributed by atoms with Crippen LogP contribution in [0.25, 0.3) is 0 Å². The number of likely N-dealkylation sites (tertiary alicyclic amines) is 1. The molecule has 3 heterocycles. The van der Waals surface area contributed by atoms with E-state index in [0.717, 1.165) is 50.1 Å². The SMILES string of the molecule is FC(F)(F)c1cccc(Cc2noc(CN3CCCC[C@H]3CCc3ccccn3)n2)c1. The van der Waals surface area contributed by atoms with Gasteiger partial charge in [-0.15, -0.1) is 0 Å². The van der Waals surface area contributed by atoms with Crippen LogP contribution in [0.2, 0.25) is 0 Å². The summed E-state index contributed by atoms with van der Waals surface area (Å²) < 4.78 is 44.2. The second-order valence-corrected chi connectivity index (χ2v) is 7.96. The third-order valence-corrected chi connectivity index (χ3v) is 5.67. The van der Waals surface area contributed by atoms with Crippen LogP contribution in [0.1, 0.15) is 54.2 Å². The molecule has 0 saturated carbocycles. The Morgan fingerprint density at radius 3 is 2.81 bits per heavy atom. The Kier molecular flexibility index (Phi) is 6.65. The van der Waals surface area contributed by atoms with E-state index in [0.29, 0.717) is 29.9 Å². The molecule has 8 heteroatoms. The molecule has 1 fully saturated rings. The number of pyridine rings is 1. The zero-order valence-electron chi connectivity index (χ0n) is 17.2. The zero-order chi connectivity index (χ0) is 21.7. The van der Waals surface area contributed by atoms with Crippen LogP contribution < -0.4 is 0 Å². The Labute approximate surface area is 179 Å². The van der Waals surface area contributed by atoms with Crippen LogP contribution in [0.4, 0.5) is 13.2 Å². The molecule has 1 aliphatic rings. The van der Waals surface area contributed by atoms with E-state index in [1.54, 1.807) is 6.07 Å². The fraction of sp³-hybridized carbons (Fsp3) is 0.435. The van der Waals surface area contributed by atoms with Gasteiger partial charge in [-0.05, 0) is 56.0 Å². The van der Waals surface area contributed by atoms with Gasteiger partial charge in [0.1, 0.15) is 0 Å². The predicted octanol–water partition coefficient (Wildman–Crippen LogP) is 5.06. The van der Waals surface area contributed by atoms with Gasteiger partial charge in [0.2, 0.25) is 5.89 Å². The molecule has 1 saturated heterocycles. The Bertz CT molecular complexity index is 974. The molecule has 1 aromatic carbocycles. The van der Waals surface area contributed by atoms with Crippen molar-refractivity contribution in [1.29, 1.82) is 0 Å². The van der Waals surface area contributed by atoms with Gasteiger partial charge in [-0.25, -0.2) is 0 Å². The van der Waals surface area contributed by atoms with Crippen molar-refractivity contribution < 1.29 is 17.7 Å². The summed E-state index contributed by atoms with van der Waals surface area (Å²) in [5.74, 6) is 0.906. The predicted molar refractivity (Wildman–Crippen MR) is 109 cm³/mol. The summed E-state index contributed by atoms with van der Waals surface area (Å²) in [4.78, 5) is 11.2. The van der Waals surface area contributed by atoms with E-state index in [-0.39, 0.29) is 6.42 Å². The number of aryl methyl sites for hydroxylation is 1. The molecule has 0 unspecified atom stereocenters. The Balaban J connectivity index is 1.37. The molecule has 4 rings (SSSR count). The lowest BCUT2D eigenvalue weighted by Crippen LogP contribution is -2.39. The zero-order valence-corrected chi connectivity index (χ0v) is 17.2. The maximum absolute atomic E-state index is 12.9. The number of aromatic nitrogens is 3. The van der Waals surface area contributed by atoms with E-state index in [1.807, 2.05) is 24.4 Å². The standard InChI is InChI=1S/C23H25F3N4O/c24-23(25,26)18-7-5-6-17(14-18)15-21-28-22(31-29-21)16-30-13-4-2-9-20(30)11-10-19-8-1-3-12-27-19/h1,3,5-8,12,14,20H,2,4,9-11,13,15-16H2/t20-/m0/s1. The quantitative estimate of drug-likeness (QED) is 0.524. The van der Waals surface area contributed by atoms with Crippen molar-refractivity contribution in [2.75, 3.05) is 6.54 Å². The molecule has 5 nitrogen and oxygen atoms in total. The fourth-order valence-electron chi connectivity index (χ4n) is 4.10. The second kappa shape index (κ2) is 9.60. The largest absolute Gasteiger partial charge is 0.416 e. The summed E-state index contributed by atoms with van der Waals surface area (Å²) in [6, 6.07) is 11.6. The van der Waals surface area contributed by atoms with Gasteiger partial charge in [0.15, 0.2) is 5.82 Å². The molecule has 164 valence electrons. The fourth-order valence-corrected chi connectivity index (χ4v) is 4.10. The maximum Gasteiger partial charge on any atom is 0.416 e. The molecule has 31 heavy (non-hydrogen) atoms. The molecular formula is C23H25F3N4O. The van der Waals surface area contributed by atoms with Crippen molar-refractivity contribution in [2.45, 2.75) is 57.3 Å². The molecular weight excluding hydrogens is 405 g/mol. The van der Waals surface area contributed by atoms with Gasteiger partial charge < -0.3 is 4.52 Å². The number of benzene rings is 1. The number of alkyl halides is 3. The minimum Gasteiger partial charge on any atom is -0.338 e. The summed E-state index contributed by atoms with van der Waals surface area (Å²) in [5.41, 5.74) is 0.931. The highest BCUT2D eigenvalue weighted by molar-refractivity contribution is 5.27. The number of hydrogen-bond donors (Lipinski definition) is 0. The van der Waals surface area contributed by atoms with Crippen LogP contribution in [-0.4, -0.2) is 32.6 Å². The highest BCUT2D eigenvalue weighted by atomic mass is 19.4. The Morgan fingerprint density at radius 1 is 1.10 bits per heavy atom. The molecule has 0 radical (unpaired) electrons. The van der Waals surface area contributed by atoms with Gasteiger partial charge in [-0.2, -0.15) is 18.2 Å². The van der Waals surface area contributed by atoms with Gasteiger partial charge in [-0.1, -0.05) is 35.8 Å². The smallest absolute Gasteiger partial charge is 0.338 e. The molecule has 0 aliphatic carbocycles. The second-order valence-electron chi connectivity index (χ2n) is 7.96. The third kappa shape index (κ3) is 5.91. The summed E-state index contributed by atoms with van der Waals surface area (Å²) in [6.07, 6.45) is 3.05. The van der Waals surface area contributed by atoms with E-state index in [2.05, 4.69) is 20.0 Å². The van der Waals surface area contributed by atoms with E-state index in [4.69, 9.17) is 4.52 Å². The minimum atomic E-state index is -4.36. The highest BCUT2D eigenvalue weighted by Crippen LogP contribution is 2.30. The third-order valence-electron chi connectivity index (χ3n) is 5.67. The van der Waals surface area contributed by atoms with Crippen molar-refractivity contribution in [1.82, 2.24) is 20.0 Å². The molecule has 3 aromatic rings. The van der Waals surface area contributed by atoms with Crippen LogP contribution in [0, 0.1) is 0 Å². The molecule has 0 N–H and O–H groups in total. The lowest BCUT2D eigenvalue weighted by atomic mass is 9.97. The first-order chi connectivity index (χ1) is 15.0. The first-order valence-corrected chi connectivity index (χ1v) is 10.6. The van der Waals surface area contributed by atoms with Crippen molar-refractivity contribution >= 4 is 0 Å². The van der Waals surface area contributed by atoms with Crippen molar-refractivity contribution in [3.8, 4) is 0 Å². The van der Waals surface area contributed by atoms with Gasteiger partial charge in [0, 0.05) is 24.4 Å². The average molecular weight is 430 g/mol. The molecule has 0 amide bonds.